The van der Waals surface area contributed by atoms with Gasteiger partial charge in [-0.05, 0) is 44.5 Å². The molecule has 0 saturated carbocycles. The van der Waals surface area contributed by atoms with Crippen LogP contribution in [0.2, 0.25) is 10.0 Å². The molecule has 0 spiro atoms. The van der Waals surface area contributed by atoms with E-state index in [1.165, 1.54) is 0 Å². The number of benzene rings is 1. The Morgan fingerprint density at radius 3 is 2.72 bits per heavy atom. The first-order valence-corrected chi connectivity index (χ1v) is 8.69. The standard InChI is InChI=1S/C18H18Cl2N4O/c1-10(2)24-17-15(9-22-24)14(6-11(3)23-17)18(25)21-8-12-4-5-13(19)7-16(12)20/h4-7,9-10H,8H2,1-3H3,(H,21,25). The van der Waals surface area contributed by atoms with Gasteiger partial charge < -0.3 is 5.32 Å². The zero-order valence-electron chi connectivity index (χ0n) is 14.2. The molecule has 0 saturated heterocycles. The van der Waals surface area contributed by atoms with E-state index in [1.807, 2.05) is 25.5 Å². The van der Waals surface area contributed by atoms with Crippen LogP contribution in [0.15, 0.2) is 30.5 Å². The number of halogens is 2. The van der Waals surface area contributed by atoms with Crippen LogP contribution in [0, 0.1) is 6.92 Å². The fourth-order valence-electron chi connectivity index (χ4n) is 2.64. The Morgan fingerprint density at radius 2 is 2.04 bits per heavy atom. The maximum atomic E-state index is 12.7. The molecular formula is C18H18Cl2N4O. The van der Waals surface area contributed by atoms with E-state index in [0.717, 1.165) is 16.6 Å². The fourth-order valence-corrected chi connectivity index (χ4v) is 3.12. The van der Waals surface area contributed by atoms with E-state index in [2.05, 4.69) is 15.4 Å². The van der Waals surface area contributed by atoms with Crippen molar-refractivity contribution in [1.82, 2.24) is 20.1 Å². The molecule has 0 aliphatic rings. The van der Waals surface area contributed by atoms with Crippen LogP contribution >= 0.6 is 23.2 Å². The summed E-state index contributed by atoms with van der Waals surface area (Å²) in [6.45, 7) is 6.23. The molecule has 0 aliphatic carbocycles. The van der Waals surface area contributed by atoms with Crippen molar-refractivity contribution in [3.63, 3.8) is 0 Å². The molecule has 0 radical (unpaired) electrons. The Hall–Kier alpha value is -2.11. The lowest BCUT2D eigenvalue weighted by Gasteiger charge is -2.10. The average Bonchev–Trinajstić information content (AvgIpc) is 2.96. The number of amides is 1. The van der Waals surface area contributed by atoms with Crippen LogP contribution in [0.5, 0.6) is 0 Å². The number of aromatic nitrogens is 3. The van der Waals surface area contributed by atoms with E-state index in [-0.39, 0.29) is 11.9 Å². The van der Waals surface area contributed by atoms with E-state index >= 15 is 0 Å². The normalized spacial score (nSPS) is 11.3. The second-order valence-corrected chi connectivity index (χ2v) is 6.99. The van der Waals surface area contributed by atoms with E-state index < -0.39 is 0 Å². The number of fused-ring (bicyclic) bond motifs is 1. The Bertz CT molecular complexity index is 950. The smallest absolute Gasteiger partial charge is 0.252 e. The number of nitrogens with one attached hydrogen (secondary N) is 1. The molecule has 1 aromatic carbocycles. The third kappa shape index (κ3) is 3.62. The molecule has 1 N–H and O–H groups in total. The maximum absolute atomic E-state index is 12.7. The monoisotopic (exact) mass is 376 g/mol. The lowest BCUT2D eigenvalue weighted by molar-refractivity contribution is 0.0952. The van der Waals surface area contributed by atoms with Gasteiger partial charge in [0, 0.05) is 28.3 Å². The van der Waals surface area contributed by atoms with Crippen molar-refractivity contribution in [2.75, 3.05) is 0 Å². The molecule has 130 valence electrons. The van der Waals surface area contributed by atoms with Crippen LogP contribution in [0.1, 0.15) is 41.5 Å². The van der Waals surface area contributed by atoms with Gasteiger partial charge in [0.25, 0.3) is 5.91 Å². The molecule has 0 aliphatic heterocycles. The summed E-state index contributed by atoms with van der Waals surface area (Å²) < 4.78 is 1.81. The number of hydrogen-bond donors (Lipinski definition) is 1. The van der Waals surface area contributed by atoms with Gasteiger partial charge in [0.05, 0.1) is 17.1 Å². The van der Waals surface area contributed by atoms with Gasteiger partial charge in [0.2, 0.25) is 0 Å². The second-order valence-electron chi connectivity index (χ2n) is 6.15. The van der Waals surface area contributed by atoms with E-state index in [0.29, 0.717) is 27.8 Å². The number of nitrogens with zero attached hydrogens (tertiary/aromatic N) is 3. The van der Waals surface area contributed by atoms with Crippen LogP contribution in [0.4, 0.5) is 0 Å². The number of rotatable bonds is 4. The first kappa shape index (κ1) is 17.7. The molecule has 2 heterocycles. The van der Waals surface area contributed by atoms with Crippen LogP contribution < -0.4 is 5.32 Å². The minimum absolute atomic E-state index is 0.163. The van der Waals surface area contributed by atoms with Crippen molar-refractivity contribution < 1.29 is 4.79 Å². The third-order valence-electron chi connectivity index (χ3n) is 3.88. The van der Waals surface area contributed by atoms with Crippen molar-refractivity contribution >= 4 is 40.1 Å². The van der Waals surface area contributed by atoms with Crippen molar-refractivity contribution in [2.24, 2.45) is 0 Å². The Kier molecular flexibility index (Phi) is 4.97. The molecule has 0 fully saturated rings. The molecule has 25 heavy (non-hydrogen) atoms. The zero-order chi connectivity index (χ0) is 18.1. The molecule has 3 aromatic rings. The van der Waals surface area contributed by atoms with Gasteiger partial charge in [-0.2, -0.15) is 5.10 Å². The number of pyridine rings is 1. The van der Waals surface area contributed by atoms with E-state index in [1.54, 1.807) is 30.5 Å². The molecule has 7 heteroatoms. The highest BCUT2D eigenvalue weighted by Gasteiger charge is 2.17. The predicted molar refractivity (Wildman–Crippen MR) is 100 cm³/mol. The largest absolute Gasteiger partial charge is 0.348 e. The molecule has 5 nitrogen and oxygen atoms in total. The average molecular weight is 377 g/mol. The van der Waals surface area contributed by atoms with Gasteiger partial charge in [-0.15, -0.1) is 0 Å². The number of carbonyl (C=O) groups is 1. The number of hydrogen-bond acceptors (Lipinski definition) is 3. The minimum atomic E-state index is -0.190. The fraction of sp³-hybridized carbons (Fsp3) is 0.278. The molecule has 3 rings (SSSR count). The van der Waals surface area contributed by atoms with Gasteiger partial charge in [-0.3, -0.25) is 4.79 Å². The van der Waals surface area contributed by atoms with Gasteiger partial charge in [-0.1, -0.05) is 29.3 Å². The highest BCUT2D eigenvalue weighted by Crippen LogP contribution is 2.23. The van der Waals surface area contributed by atoms with E-state index in [4.69, 9.17) is 23.2 Å². The Labute approximate surface area is 156 Å². The van der Waals surface area contributed by atoms with Gasteiger partial charge in [-0.25, -0.2) is 9.67 Å². The van der Waals surface area contributed by atoms with Crippen molar-refractivity contribution in [2.45, 2.75) is 33.4 Å². The highest BCUT2D eigenvalue weighted by molar-refractivity contribution is 6.35. The SMILES string of the molecule is Cc1cc(C(=O)NCc2ccc(Cl)cc2Cl)c2cnn(C(C)C)c2n1. The lowest BCUT2D eigenvalue weighted by atomic mass is 10.1. The van der Waals surface area contributed by atoms with E-state index in [9.17, 15) is 4.79 Å². The summed E-state index contributed by atoms with van der Waals surface area (Å²) >= 11 is 12.1. The van der Waals surface area contributed by atoms with Crippen LogP contribution in [-0.2, 0) is 6.54 Å². The third-order valence-corrected chi connectivity index (χ3v) is 4.47. The molecule has 0 bridgehead atoms. The van der Waals surface area contributed by atoms with Crippen LogP contribution in [0.3, 0.4) is 0 Å². The van der Waals surface area contributed by atoms with Crippen LogP contribution in [0.25, 0.3) is 11.0 Å². The molecule has 2 aromatic heterocycles. The van der Waals surface area contributed by atoms with Gasteiger partial charge in [0.15, 0.2) is 5.65 Å². The first-order valence-electron chi connectivity index (χ1n) is 7.94. The minimum Gasteiger partial charge on any atom is -0.348 e. The van der Waals surface area contributed by atoms with Crippen molar-refractivity contribution in [3.8, 4) is 0 Å². The zero-order valence-corrected chi connectivity index (χ0v) is 15.7. The van der Waals surface area contributed by atoms with Crippen molar-refractivity contribution in [1.29, 1.82) is 0 Å². The predicted octanol–water partition coefficient (Wildman–Crippen LogP) is 4.56. The summed E-state index contributed by atoms with van der Waals surface area (Å²) in [5.41, 5.74) is 2.84. The second kappa shape index (κ2) is 7.02. The topological polar surface area (TPSA) is 59.8 Å². The first-order chi connectivity index (χ1) is 11.9. The summed E-state index contributed by atoms with van der Waals surface area (Å²) in [4.78, 5) is 17.2. The number of carbonyl (C=O) groups excluding carboxylic acids is 1. The summed E-state index contributed by atoms with van der Waals surface area (Å²) in [6, 6.07) is 7.14. The molecule has 0 atom stereocenters. The Morgan fingerprint density at radius 1 is 1.28 bits per heavy atom. The summed E-state index contributed by atoms with van der Waals surface area (Å²) in [5, 5.41) is 9.08. The Balaban J connectivity index is 1.89. The summed E-state index contributed by atoms with van der Waals surface area (Å²) in [7, 11) is 0. The van der Waals surface area contributed by atoms with Gasteiger partial charge >= 0.3 is 0 Å². The quantitative estimate of drug-likeness (QED) is 0.725. The highest BCUT2D eigenvalue weighted by atomic mass is 35.5. The molecule has 1 amide bonds. The lowest BCUT2D eigenvalue weighted by Crippen LogP contribution is -2.23. The maximum Gasteiger partial charge on any atom is 0.252 e. The summed E-state index contributed by atoms with van der Waals surface area (Å²) in [5.74, 6) is -0.190. The van der Waals surface area contributed by atoms with Crippen LogP contribution in [-0.4, -0.2) is 20.7 Å². The van der Waals surface area contributed by atoms with Gasteiger partial charge in [0.1, 0.15) is 0 Å². The summed E-state index contributed by atoms with van der Waals surface area (Å²) in [6.07, 6.45) is 1.69. The molecular weight excluding hydrogens is 359 g/mol. The van der Waals surface area contributed by atoms with Crippen molar-refractivity contribution in [3.05, 3.63) is 57.3 Å². The number of aryl methyl sites for hydroxylation is 1. The molecule has 0 unspecified atom stereocenters.